The topological polar surface area (TPSA) is 25.2 Å². The van der Waals surface area contributed by atoms with Gasteiger partial charge in [-0.2, -0.15) is 0 Å². The number of rotatable bonds is 3. The molecule has 1 unspecified atom stereocenters. The third-order valence-electron chi connectivity index (χ3n) is 4.47. The Bertz CT molecular complexity index is 679. The summed E-state index contributed by atoms with van der Waals surface area (Å²) < 4.78 is 0. The predicted octanol–water partition coefficient (Wildman–Crippen LogP) is 4.69. The molecule has 0 bridgehead atoms. The van der Waals surface area contributed by atoms with Crippen LogP contribution in [-0.4, -0.2) is 10.7 Å². The second-order valence-electron chi connectivity index (χ2n) is 6.15. The monoisotopic (exact) mass is 528 g/mol. The average Bonchev–Trinajstić information content (AvgIpc) is 2.94. The molecule has 1 aliphatic carbocycles. The number of aliphatic imine (C=N–C) groups is 1. The minimum Gasteiger partial charge on any atom is -0.397 e. The first-order chi connectivity index (χ1) is 10.6. The summed E-state index contributed by atoms with van der Waals surface area (Å²) in [6, 6.07) is 14.9. The summed E-state index contributed by atoms with van der Waals surface area (Å²) in [5, 5.41) is 0. The summed E-state index contributed by atoms with van der Waals surface area (Å²) in [5.41, 5.74) is 5.39. The van der Waals surface area contributed by atoms with Crippen molar-refractivity contribution in [1.82, 2.24) is 4.98 Å². The minimum atomic E-state index is 0. The Hall–Kier alpha value is -1.04. The van der Waals surface area contributed by atoms with Crippen LogP contribution in [0.15, 0.2) is 41.5 Å². The molecular formula is C20H22N2U. The van der Waals surface area contributed by atoms with Gasteiger partial charge in [0, 0.05) is 11.9 Å². The summed E-state index contributed by atoms with van der Waals surface area (Å²) in [7, 11) is 0. The van der Waals surface area contributed by atoms with Crippen LogP contribution in [0.3, 0.4) is 0 Å². The van der Waals surface area contributed by atoms with Gasteiger partial charge in [-0.15, -0.1) is 41.9 Å². The molecule has 116 valence electrons. The van der Waals surface area contributed by atoms with Gasteiger partial charge in [-0.1, -0.05) is 38.2 Å². The van der Waals surface area contributed by atoms with Crippen molar-refractivity contribution < 1.29 is 31.1 Å². The van der Waals surface area contributed by atoms with Crippen molar-refractivity contribution in [2.24, 2.45) is 10.9 Å². The number of aryl methyl sites for hydroxylation is 2. The van der Waals surface area contributed by atoms with Crippen LogP contribution in [0.1, 0.15) is 48.6 Å². The zero-order valence-electron chi connectivity index (χ0n) is 14.1. The fourth-order valence-electron chi connectivity index (χ4n) is 2.91. The maximum Gasteiger partial charge on any atom is 2.00 e. The summed E-state index contributed by atoms with van der Waals surface area (Å²) in [4.78, 5) is 9.54. The van der Waals surface area contributed by atoms with Gasteiger partial charge >= 0.3 is 31.1 Å². The number of hydrogen-bond donors (Lipinski definition) is 0. The Kier molecular flexibility index (Phi) is 6.51. The van der Waals surface area contributed by atoms with Crippen LogP contribution in [0.25, 0.3) is 0 Å². The molecule has 1 heterocycles. The van der Waals surface area contributed by atoms with Gasteiger partial charge in [0.15, 0.2) is 0 Å². The van der Waals surface area contributed by atoms with E-state index in [-0.39, 0.29) is 31.1 Å². The zero-order chi connectivity index (χ0) is 15.5. The molecule has 2 nitrogen and oxygen atoms in total. The van der Waals surface area contributed by atoms with Crippen LogP contribution < -0.4 is 0 Å². The molecule has 1 aliphatic rings. The van der Waals surface area contributed by atoms with Gasteiger partial charge in [0.25, 0.3) is 0 Å². The normalized spacial score (nSPS) is 18.0. The molecule has 1 saturated carbocycles. The molecule has 1 aromatic heterocycles. The van der Waals surface area contributed by atoms with E-state index in [1.807, 2.05) is 31.3 Å². The van der Waals surface area contributed by atoms with Crippen molar-refractivity contribution in [2.45, 2.75) is 40.0 Å². The molecule has 3 rings (SSSR count). The summed E-state index contributed by atoms with van der Waals surface area (Å²) >= 11 is 0. The number of hydrogen-bond acceptors (Lipinski definition) is 2. The summed E-state index contributed by atoms with van der Waals surface area (Å²) in [5.74, 6) is 0.582. The van der Waals surface area contributed by atoms with Gasteiger partial charge in [-0.25, -0.2) is 0 Å². The largest absolute Gasteiger partial charge is 2.00 e. The molecule has 1 fully saturated rings. The number of benzene rings is 1. The summed E-state index contributed by atoms with van der Waals surface area (Å²) in [6.45, 7) is 6.42. The Labute approximate surface area is 163 Å². The average molecular weight is 528 g/mol. The van der Waals surface area contributed by atoms with E-state index in [1.54, 1.807) is 0 Å². The van der Waals surface area contributed by atoms with Crippen molar-refractivity contribution in [2.75, 3.05) is 0 Å². The molecule has 3 heteroatoms. The van der Waals surface area contributed by atoms with E-state index in [1.165, 1.54) is 24.4 Å². The fourth-order valence-corrected chi connectivity index (χ4v) is 2.91. The molecule has 0 aliphatic heterocycles. The van der Waals surface area contributed by atoms with Gasteiger partial charge < -0.3 is 4.99 Å². The second kappa shape index (κ2) is 8.18. The molecule has 0 spiro atoms. The molecule has 23 heavy (non-hydrogen) atoms. The molecule has 0 N–H and O–H groups in total. The molecule has 0 saturated heterocycles. The third kappa shape index (κ3) is 4.28. The van der Waals surface area contributed by atoms with Gasteiger partial charge in [-0.3, -0.25) is 4.98 Å². The first-order valence-corrected chi connectivity index (χ1v) is 8.00. The Morgan fingerprint density at radius 2 is 2.17 bits per heavy atom. The Morgan fingerprint density at radius 1 is 1.35 bits per heavy atom. The minimum absolute atomic E-state index is 0. The SMILES string of the molecule is Cc1cc(C(=N[C-]2CCCC2C)c2[c-]cccc2)cnc1C.[U+2]. The van der Waals surface area contributed by atoms with Crippen LogP contribution in [0.2, 0.25) is 0 Å². The van der Waals surface area contributed by atoms with E-state index in [9.17, 15) is 0 Å². The van der Waals surface area contributed by atoms with E-state index in [4.69, 9.17) is 4.99 Å². The van der Waals surface area contributed by atoms with E-state index >= 15 is 0 Å². The standard InChI is InChI=1S/C20H22N2.U/c1-14-8-7-11-19(14)22-20(17-9-5-4-6-10-17)18-12-15(2)16(3)21-13-18;/h4-6,9,12-14H,7-8,11H2,1-3H3;/q-2;+2. The summed E-state index contributed by atoms with van der Waals surface area (Å²) in [6.07, 6.45) is 5.53. The van der Waals surface area contributed by atoms with Crippen molar-refractivity contribution in [1.29, 1.82) is 0 Å². The van der Waals surface area contributed by atoms with Crippen LogP contribution in [0.5, 0.6) is 0 Å². The smallest absolute Gasteiger partial charge is 0.397 e. The van der Waals surface area contributed by atoms with Crippen molar-refractivity contribution >= 4 is 5.71 Å². The van der Waals surface area contributed by atoms with Crippen LogP contribution in [0.4, 0.5) is 0 Å². The zero-order valence-corrected chi connectivity index (χ0v) is 18.2. The van der Waals surface area contributed by atoms with Crippen LogP contribution in [-0.2, 0) is 0 Å². The van der Waals surface area contributed by atoms with E-state index in [0.29, 0.717) is 5.92 Å². The quantitative estimate of drug-likeness (QED) is 0.420. The molecule has 1 aromatic carbocycles. The fraction of sp³-hybridized carbons (Fsp3) is 0.350. The molecule has 2 aromatic rings. The van der Waals surface area contributed by atoms with Gasteiger partial charge in [-0.05, 0) is 30.7 Å². The first-order valence-electron chi connectivity index (χ1n) is 8.00. The molecule has 0 radical (unpaired) electrons. The molecular weight excluding hydrogens is 506 g/mol. The van der Waals surface area contributed by atoms with Gasteiger partial charge in [0.1, 0.15) is 0 Å². The predicted molar refractivity (Wildman–Crippen MR) is 90.9 cm³/mol. The number of pyridine rings is 1. The first kappa shape index (κ1) is 18.3. The Morgan fingerprint density at radius 3 is 2.78 bits per heavy atom. The third-order valence-corrected chi connectivity index (χ3v) is 4.47. The van der Waals surface area contributed by atoms with Gasteiger partial charge in [0.05, 0.1) is 0 Å². The van der Waals surface area contributed by atoms with Crippen LogP contribution >= 0.6 is 0 Å². The maximum absolute atomic E-state index is 5.03. The van der Waals surface area contributed by atoms with Crippen LogP contribution in [0, 0.1) is 63.0 Å². The van der Waals surface area contributed by atoms with E-state index in [2.05, 4.69) is 37.0 Å². The number of aromatic nitrogens is 1. The van der Waals surface area contributed by atoms with Crippen molar-refractivity contribution in [3.05, 3.63) is 71.0 Å². The van der Waals surface area contributed by atoms with E-state index in [0.717, 1.165) is 29.0 Å². The van der Waals surface area contributed by atoms with Crippen molar-refractivity contribution in [3.63, 3.8) is 0 Å². The second-order valence-corrected chi connectivity index (χ2v) is 6.15. The van der Waals surface area contributed by atoms with Crippen molar-refractivity contribution in [3.8, 4) is 0 Å². The molecule has 0 amide bonds. The molecule has 1 atom stereocenters. The van der Waals surface area contributed by atoms with E-state index < -0.39 is 0 Å². The maximum atomic E-state index is 5.03. The Balaban J connectivity index is 0.00000192. The van der Waals surface area contributed by atoms with Gasteiger partial charge in [0.2, 0.25) is 0 Å². The number of nitrogens with zero attached hydrogens (tertiary/aromatic N) is 2.